The Labute approximate surface area is 108 Å². The molecule has 0 aliphatic carbocycles. The smallest absolute Gasteiger partial charge is 0.248 e. The highest BCUT2D eigenvalue weighted by Crippen LogP contribution is 2.10. The van der Waals surface area contributed by atoms with Crippen molar-refractivity contribution in [2.24, 2.45) is 0 Å². The van der Waals surface area contributed by atoms with E-state index in [0.29, 0.717) is 12.4 Å². The van der Waals surface area contributed by atoms with Gasteiger partial charge in [-0.3, -0.25) is 0 Å². The summed E-state index contributed by atoms with van der Waals surface area (Å²) in [6, 6.07) is 0. The minimum absolute atomic E-state index is 0.271. The van der Waals surface area contributed by atoms with Crippen molar-refractivity contribution in [2.45, 2.75) is 32.7 Å². The van der Waals surface area contributed by atoms with E-state index in [-0.39, 0.29) is 5.92 Å². The van der Waals surface area contributed by atoms with Crippen LogP contribution in [0.1, 0.15) is 37.2 Å². The van der Waals surface area contributed by atoms with Crippen molar-refractivity contribution < 1.29 is 4.52 Å². The standard InChI is InChI=1S/C10H14BrN5O/c1-7(2)10-12-9(17-14-10)6-16-5-8(3-4-11)13-15-16/h5,7H,3-4,6H2,1-2H3. The fourth-order valence-electron chi connectivity index (χ4n) is 1.33. The third kappa shape index (κ3) is 3.12. The second-order valence-electron chi connectivity index (χ2n) is 4.05. The zero-order chi connectivity index (χ0) is 12.3. The van der Waals surface area contributed by atoms with Crippen molar-refractivity contribution in [1.82, 2.24) is 25.1 Å². The first-order valence-electron chi connectivity index (χ1n) is 5.46. The molecule has 0 atom stereocenters. The van der Waals surface area contributed by atoms with Crippen LogP contribution < -0.4 is 0 Å². The molecule has 17 heavy (non-hydrogen) atoms. The van der Waals surface area contributed by atoms with Crippen LogP contribution in [0.15, 0.2) is 10.7 Å². The van der Waals surface area contributed by atoms with E-state index in [4.69, 9.17) is 4.52 Å². The second kappa shape index (κ2) is 5.39. The van der Waals surface area contributed by atoms with Crippen LogP contribution in [0.4, 0.5) is 0 Å². The van der Waals surface area contributed by atoms with Gasteiger partial charge in [0.25, 0.3) is 0 Å². The molecule has 2 aromatic rings. The molecule has 0 unspecified atom stereocenters. The molecule has 2 heterocycles. The lowest BCUT2D eigenvalue weighted by Gasteiger charge is -1.93. The Kier molecular flexibility index (Phi) is 3.88. The molecule has 6 nitrogen and oxygen atoms in total. The van der Waals surface area contributed by atoms with Crippen LogP contribution in [0.5, 0.6) is 0 Å². The maximum atomic E-state index is 5.14. The minimum atomic E-state index is 0.271. The van der Waals surface area contributed by atoms with Crippen LogP contribution in [0.3, 0.4) is 0 Å². The Balaban J connectivity index is 2.03. The van der Waals surface area contributed by atoms with Crippen molar-refractivity contribution >= 4 is 15.9 Å². The number of rotatable bonds is 5. The predicted molar refractivity (Wildman–Crippen MR) is 65.0 cm³/mol. The van der Waals surface area contributed by atoms with Gasteiger partial charge in [0.05, 0.1) is 5.69 Å². The molecular formula is C10H14BrN5O. The Morgan fingerprint density at radius 1 is 1.47 bits per heavy atom. The van der Waals surface area contributed by atoms with Gasteiger partial charge in [-0.15, -0.1) is 5.10 Å². The topological polar surface area (TPSA) is 69.6 Å². The van der Waals surface area contributed by atoms with Crippen molar-refractivity contribution in [1.29, 1.82) is 0 Å². The van der Waals surface area contributed by atoms with E-state index in [2.05, 4.69) is 36.4 Å². The largest absolute Gasteiger partial charge is 0.337 e. The number of hydrogen-bond donors (Lipinski definition) is 0. The van der Waals surface area contributed by atoms with Crippen LogP contribution in [-0.4, -0.2) is 30.5 Å². The lowest BCUT2D eigenvalue weighted by Crippen LogP contribution is -2.01. The summed E-state index contributed by atoms with van der Waals surface area (Å²) in [6.07, 6.45) is 2.75. The molecule has 7 heteroatoms. The quantitative estimate of drug-likeness (QED) is 0.787. The molecule has 2 rings (SSSR count). The maximum absolute atomic E-state index is 5.14. The van der Waals surface area contributed by atoms with Gasteiger partial charge in [0.2, 0.25) is 5.89 Å². The summed E-state index contributed by atoms with van der Waals surface area (Å²) < 4.78 is 6.84. The highest BCUT2D eigenvalue weighted by atomic mass is 79.9. The molecular weight excluding hydrogens is 286 g/mol. The molecule has 0 aromatic carbocycles. The monoisotopic (exact) mass is 299 g/mol. The Bertz CT molecular complexity index is 479. The molecule has 0 amide bonds. The number of nitrogens with zero attached hydrogens (tertiary/aromatic N) is 5. The van der Waals surface area contributed by atoms with E-state index in [9.17, 15) is 0 Å². The van der Waals surface area contributed by atoms with Gasteiger partial charge in [-0.25, -0.2) is 4.68 Å². The van der Waals surface area contributed by atoms with Crippen LogP contribution in [0.25, 0.3) is 0 Å². The predicted octanol–water partition coefficient (Wildman–Crippen LogP) is 1.77. The first kappa shape index (κ1) is 12.2. The van der Waals surface area contributed by atoms with Gasteiger partial charge in [0.15, 0.2) is 5.82 Å². The molecule has 92 valence electrons. The van der Waals surface area contributed by atoms with E-state index in [1.807, 2.05) is 20.0 Å². The third-order valence-corrected chi connectivity index (χ3v) is 2.63. The summed E-state index contributed by atoms with van der Waals surface area (Å²) in [7, 11) is 0. The summed E-state index contributed by atoms with van der Waals surface area (Å²) in [5, 5.41) is 12.8. The SMILES string of the molecule is CC(C)c1noc(Cn2cc(CCBr)nn2)n1. The van der Waals surface area contributed by atoms with Gasteiger partial charge in [-0.05, 0) is 0 Å². The summed E-state index contributed by atoms with van der Waals surface area (Å²) in [5.74, 6) is 1.55. The average Bonchev–Trinajstić information content (AvgIpc) is 2.89. The van der Waals surface area contributed by atoms with E-state index >= 15 is 0 Å². The first-order valence-corrected chi connectivity index (χ1v) is 6.58. The van der Waals surface area contributed by atoms with E-state index in [0.717, 1.165) is 23.3 Å². The number of halogens is 1. The number of alkyl halides is 1. The Hall–Kier alpha value is -1.24. The van der Waals surface area contributed by atoms with Crippen molar-refractivity contribution in [3.63, 3.8) is 0 Å². The van der Waals surface area contributed by atoms with Crippen molar-refractivity contribution in [3.05, 3.63) is 23.6 Å². The molecule has 0 spiro atoms. The zero-order valence-electron chi connectivity index (χ0n) is 9.80. The van der Waals surface area contributed by atoms with Crippen molar-refractivity contribution in [3.8, 4) is 0 Å². The molecule has 0 aliphatic rings. The number of aryl methyl sites for hydroxylation is 1. The molecule has 0 radical (unpaired) electrons. The third-order valence-electron chi connectivity index (χ3n) is 2.23. The molecule has 0 saturated heterocycles. The van der Waals surface area contributed by atoms with Gasteiger partial charge in [-0.2, -0.15) is 4.98 Å². The van der Waals surface area contributed by atoms with Gasteiger partial charge < -0.3 is 4.52 Å². The Morgan fingerprint density at radius 3 is 2.94 bits per heavy atom. The van der Waals surface area contributed by atoms with E-state index < -0.39 is 0 Å². The average molecular weight is 300 g/mol. The fraction of sp³-hybridized carbons (Fsp3) is 0.600. The molecule has 0 aliphatic heterocycles. The van der Waals surface area contributed by atoms with Gasteiger partial charge in [0, 0.05) is 23.9 Å². The van der Waals surface area contributed by atoms with Crippen LogP contribution in [0, 0.1) is 0 Å². The second-order valence-corrected chi connectivity index (χ2v) is 4.84. The fourth-order valence-corrected chi connectivity index (χ4v) is 1.74. The summed E-state index contributed by atoms with van der Waals surface area (Å²) in [5.41, 5.74) is 0.950. The molecule has 2 aromatic heterocycles. The van der Waals surface area contributed by atoms with Crippen LogP contribution >= 0.6 is 15.9 Å². The zero-order valence-corrected chi connectivity index (χ0v) is 11.4. The Morgan fingerprint density at radius 2 is 2.29 bits per heavy atom. The summed E-state index contributed by atoms with van der Waals surface area (Å²) in [4.78, 5) is 4.28. The van der Waals surface area contributed by atoms with E-state index in [1.165, 1.54) is 0 Å². The summed E-state index contributed by atoms with van der Waals surface area (Å²) in [6.45, 7) is 4.52. The summed E-state index contributed by atoms with van der Waals surface area (Å²) >= 11 is 3.36. The lowest BCUT2D eigenvalue weighted by atomic mass is 10.2. The van der Waals surface area contributed by atoms with Crippen LogP contribution in [-0.2, 0) is 13.0 Å². The van der Waals surface area contributed by atoms with Gasteiger partial charge in [0.1, 0.15) is 6.54 Å². The normalized spacial score (nSPS) is 11.3. The van der Waals surface area contributed by atoms with E-state index in [1.54, 1.807) is 4.68 Å². The minimum Gasteiger partial charge on any atom is -0.337 e. The highest BCUT2D eigenvalue weighted by Gasteiger charge is 2.10. The molecule has 0 fully saturated rings. The van der Waals surface area contributed by atoms with Gasteiger partial charge in [-0.1, -0.05) is 40.1 Å². The number of aromatic nitrogens is 5. The lowest BCUT2D eigenvalue weighted by molar-refractivity contribution is 0.358. The van der Waals surface area contributed by atoms with Crippen molar-refractivity contribution in [2.75, 3.05) is 5.33 Å². The van der Waals surface area contributed by atoms with Crippen LogP contribution in [0.2, 0.25) is 0 Å². The highest BCUT2D eigenvalue weighted by molar-refractivity contribution is 9.09. The van der Waals surface area contributed by atoms with Gasteiger partial charge >= 0.3 is 0 Å². The number of hydrogen-bond acceptors (Lipinski definition) is 5. The first-order chi connectivity index (χ1) is 8.19. The molecule has 0 saturated carbocycles. The molecule has 0 N–H and O–H groups in total. The molecule has 0 bridgehead atoms. The maximum Gasteiger partial charge on any atom is 0.248 e.